The Balaban J connectivity index is 1.16. The van der Waals surface area contributed by atoms with Gasteiger partial charge in [0.2, 0.25) is 5.91 Å². The van der Waals surface area contributed by atoms with Gasteiger partial charge in [0.1, 0.15) is 0 Å². The molecule has 0 radical (unpaired) electrons. The van der Waals surface area contributed by atoms with Crippen LogP contribution >= 0.6 is 11.6 Å². The summed E-state index contributed by atoms with van der Waals surface area (Å²) in [4.78, 5) is 17.7. The average Bonchev–Trinajstić information content (AvgIpc) is 3.09. The first-order valence-corrected chi connectivity index (χ1v) is 11.9. The molecule has 2 saturated heterocycles. The molecule has 30 heavy (non-hydrogen) atoms. The molecule has 2 aromatic carbocycles. The Morgan fingerprint density at radius 2 is 1.47 bits per heavy atom. The highest BCUT2D eigenvalue weighted by Gasteiger charge is 2.48. The van der Waals surface area contributed by atoms with Crippen molar-refractivity contribution in [3.8, 4) is 0 Å². The van der Waals surface area contributed by atoms with Gasteiger partial charge in [-0.3, -0.25) is 4.79 Å². The summed E-state index contributed by atoms with van der Waals surface area (Å²) in [6.45, 7) is 4.13. The van der Waals surface area contributed by atoms with E-state index in [1.165, 1.54) is 44.2 Å². The minimum absolute atomic E-state index is 0.133. The van der Waals surface area contributed by atoms with Crippen molar-refractivity contribution in [3.63, 3.8) is 0 Å². The van der Waals surface area contributed by atoms with Gasteiger partial charge in [0.15, 0.2) is 0 Å². The molecule has 0 aromatic heterocycles. The van der Waals surface area contributed by atoms with Gasteiger partial charge >= 0.3 is 0 Å². The summed E-state index contributed by atoms with van der Waals surface area (Å²) in [6.07, 6.45) is 9.35. The van der Waals surface area contributed by atoms with E-state index < -0.39 is 0 Å². The molecule has 0 N–H and O–H groups in total. The number of likely N-dealkylation sites (tertiary alicyclic amines) is 1. The van der Waals surface area contributed by atoms with Crippen LogP contribution in [0.15, 0.2) is 54.6 Å². The van der Waals surface area contributed by atoms with Crippen LogP contribution in [-0.4, -0.2) is 37.0 Å². The predicted octanol–water partition coefficient (Wildman–Crippen LogP) is 5.96. The number of unbranched alkanes of at least 4 members (excludes halogenated alkanes) is 3. The molecule has 0 saturated carbocycles. The van der Waals surface area contributed by atoms with Crippen LogP contribution in [0.1, 0.15) is 50.5 Å². The Bertz CT molecular complexity index is 813. The van der Waals surface area contributed by atoms with E-state index in [2.05, 4.69) is 35.2 Å². The van der Waals surface area contributed by atoms with E-state index in [1.54, 1.807) is 0 Å². The number of halogens is 1. The summed E-state index contributed by atoms with van der Waals surface area (Å²) in [5, 5.41) is 0.716. The largest absolute Gasteiger partial charge is 0.312 e. The van der Waals surface area contributed by atoms with Crippen LogP contribution in [0.3, 0.4) is 0 Å². The molecule has 2 aromatic rings. The van der Waals surface area contributed by atoms with Gasteiger partial charge in [-0.05, 0) is 88.0 Å². The summed E-state index contributed by atoms with van der Waals surface area (Å²) in [7, 11) is 0. The van der Waals surface area contributed by atoms with Crippen molar-refractivity contribution in [3.05, 3.63) is 65.2 Å². The number of amides is 1. The van der Waals surface area contributed by atoms with E-state index in [-0.39, 0.29) is 5.41 Å². The Morgan fingerprint density at radius 3 is 2.20 bits per heavy atom. The van der Waals surface area contributed by atoms with Crippen LogP contribution in [0.5, 0.6) is 0 Å². The molecule has 0 atom stereocenters. The zero-order chi connectivity index (χ0) is 20.8. The summed E-state index contributed by atoms with van der Waals surface area (Å²) in [6, 6.07) is 18.5. The number of hydrogen-bond donors (Lipinski definition) is 0. The van der Waals surface area contributed by atoms with E-state index in [9.17, 15) is 4.79 Å². The topological polar surface area (TPSA) is 23.6 Å². The van der Waals surface area contributed by atoms with Crippen molar-refractivity contribution >= 4 is 23.2 Å². The van der Waals surface area contributed by atoms with Crippen LogP contribution in [-0.2, 0) is 11.2 Å². The molecular formula is C26H33ClN2O. The molecule has 2 fully saturated rings. The molecule has 1 spiro atoms. The van der Waals surface area contributed by atoms with Crippen molar-refractivity contribution in [2.24, 2.45) is 5.41 Å². The van der Waals surface area contributed by atoms with E-state index in [4.69, 9.17) is 11.6 Å². The molecule has 0 aliphatic carbocycles. The first kappa shape index (κ1) is 21.4. The summed E-state index contributed by atoms with van der Waals surface area (Å²) in [5.41, 5.74) is 2.30. The molecule has 0 bridgehead atoms. The quantitative estimate of drug-likeness (QED) is 0.488. The van der Waals surface area contributed by atoms with Gasteiger partial charge in [0.05, 0.1) is 5.41 Å². The Morgan fingerprint density at radius 1 is 0.800 bits per heavy atom. The van der Waals surface area contributed by atoms with Gasteiger partial charge < -0.3 is 9.80 Å². The molecule has 2 aliphatic heterocycles. The van der Waals surface area contributed by atoms with Crippen LogP contribution < -0.4 is 4.90 Å². The molecule has 1 amide bonds. The van der Waals surface area contributed by atoms with Crippen molar-refractivity contribution < 1.29 is 4.79 Å². The molecule has 0 unspecified atom stereocenters. The van der Waals surface area contributed by atoms with Crippen LogP contribution in [0.4, 0.5) is 5.69 Å². The van der Waals surface area contributed by atoms with Crippen molar-refractivity contribution in [2.45, 2.75) is 51.4 Å². The first-order valence-electron chi connectivity index (χ1n) is 11.5. The fourth-order valence-electron chi connectivity index (χ4n) is 5.02. The number of aryl methyl sites for hydroxylation is 1. The maximum atomic E-state index is 13.2. The molecule has 3 nitrogen and oxygen atoms in total. The highest BCUT2D eigenvalue weighted by molar-refractivity contribution is 6.30. The minimum atomic E-state index is -0.133. The minimum Gasteiger partial charge on any atom is -0.312 e. The molecule has 4 rings (SSSR count). The van der Waals surface area contributed by atoms with Gasteiger partial charge in [0, 0.05) is 17.3 Å². The molecule has 160 valence electrons. The number of anilines is 1. The lowest BCUT2D eigenvalue weighted by molar-refractivity contribution is -0.128. The first-order chi connectivity index (χ1) is 14.7. The van der Waals surface area contributed by atoms with Crippen LogP contribution in [0.2, 0.25) is 5.02 Å². The van der Waals surface area contributed by atoms with E-state index >= 15 is 0 Å². The predicted molar refractivity (Wildman–Crippen MR) is 125 cm³/mol. The fraction of sp³-hybridized carbons (Fsp3) is 0.500. The lowest BCUT2D eigenvalue weighted by Gasteiger charge is -2.38. The molecular weight excluding hydrogens is 392 g/mol. The van der Waals surface area contributed by atoms with E-state index in [0.717, 1.165) is 44.6 Å². The lowest BCUT2D eigenvalue weighted by Crippen LogP contribution is -2.45. The number of benzene rings is 2. The fourth-order valence-corrected chi connectivity index (χ4v) is 5.15. The SMILES string of the molecule is O=C1N(c2ccc(Cl)cc2)CCC12CCN(CCCCCCc1ccccc1)CC2. The van der Waals surface area contributed by atoms with Gasteiger partial charge in [-0.1, -0.05) is 54.8 Å². The highest BCUT2D eigenvalue weighted by atomic mass is 35.5. The Hall–Kier alpha value is -1.84. The number of carbonyl (C=O) groups is 1. The third-order valence-corrected chi connectivity index (χ3v) is 7.25. The second-order valence-electron chi connectivity index (χ2n) is 8.95. The number of hydrogen-bond acceptors (Lipinski definition) is 2. The number of piperidine rings is 1. The maximum absolute atomic E-state index is 13.2. The summed E-state index contributed by atoms with van der Waals surface area (Å²) < 4.78 is 0. The van der Waals surface area contributed by atoms with Crippen LogP contribution in [0, 0.1) is 5.41 Å². The van der Waals surface area contributed by atoms with Crippen molar-refractivity contribution in [2.75, 3.05) is 31.1 Å². The number of nitrogens with zero attached hydrogens (tertiary/aromatic N) is 2. The molecule has 4 heteroatoms. The smallest absolute Gasteiger partial charge is 0.233 e. The lowest BCUT2D eigenvalue weighted by atomic mass is 9.77. The average molecular weight is 425 g/mol. The van der Waals surface area contributed by atoms with Crippen LogP contribution in [0.25, 0.3) is 0 Å². The van der Waals surface area contributed by atoms with E-state index in [0.29, 0.717) is 10.9 Å². The standard InChI is InChI=1S/C26H33ClN2O/c27-23-11-13-24(14-12-23)29-21-17-26(25(29)30)15-19-28(20-16-26)18-7-2-1-4-8-22-9-5-3-6-10-22/h3,5-6,9-14H,1-2,4,7-8,15-21H2. The molecule has 2 heterocycles. The number of rotatable bonds is 8. The zero-order valence-corrected chi connectivity index (χ0v) is 18.6. The van der Waals surface area contributed by atoms with Gasteiger partial charge in [-0.15, -0.1) is 0 Å². The normalized spacial score (nSPS) is 19.0. The third kappa shape index (κ3) is 5.07. The molecule has 2 aliphatic rings. The summed E-state index contributed by atoms with van der Waals surface area (Å²) in [5.74, 6) is 0.324. The van der Waals surface area contributed by atoms with E-state index in [1.807, 2.05) is 29.2 Å². The number of carbonyl (C=O) groups excluding carboxylic acids is 1. The Labute approximate surface area is 186 Å². The van der Waals surface area contributed by atoms with Gasteiger partial charge in [0.25, 0.3) is 0 Å². The highest BCUT2D eigenvalue weighted by Crippen LogP contribution is 2.43. The van der Waals surface area contributed by atoms with Gasteiger partial charge in [-0.2, -0.15) is 0 Å². The monoisotopic (exact) mass is 424 g/mol. The second-order valence-corrected chi connectivity index (χ2v) is 9.39. The van der Waals surface area contributed by atoms with Crippen molar-refractivity contribution in [1.82, 2.24) is 4.90 Å². The second kappa shape index (κ2) is 9.98. The maximum Gasteiger partial charge on any atom is 0.233 e. The van der Waals surface area contributed by atoms with Crippen molar-refractivity contribution in [1.29, 1.82) is 0 Å². The third-order valence-electron chi connectivity index (χ3n) is 7.00. The Kier molecular flexibility index (Phi) is 7.12. The summed E-state index contributed by atoms with van der Waals surface area (Å²) >= 11 is 6.00. The zero-order valence-electron chi connectivity index (χ0n) is 17.9. The van der Waals surface area contributed by atoms with Gasteiger partial charge in [-0.25, -0.2) is 0 Å².